The normalized spacial score (nSPS) is 10.8. The van der Waals surface area contributed by atoms with E-state index in [1.807, 2.05) is 32.9 Å². The van der Waals surface area contributed by atoms with E-state index in [0.29, 0.717) is 24.6 Å². The molecular formula is C18H25N5O2. The molecule has 0 radical (unpaired) electrons. The first-order chi connectivity index (χ1) is 11.9. The molecule has 0 bridgehead atoms. The third-order valence-electron chi connectivity index (χ3n) is 3.75. The Morgan fingerprint density at radius 2 is 2.00 bits per heavy atom. The first-order valence-corrected chi connectivity index (χ1v) is 8.44. The maximum atomic E-state index is 12.2. The number of hydrogen-bond donors (Lipinski definition) is 3. The van der Waals surface area contributed by atoms with Gasteiger partial charge >= 0.3 is 0 Å². The van der Waals surface area contributed by atoms with E-state index in [2.05, 4.69) is 25.6 Å². The van der Waals surface area contributed by atoms with Crippen LogP contribution >= 0.6 is 0 Å². The Bertz CT molecular complexity index is 781. The maximum Gasteiger partial charge on any atom is 0.264 e. The summed E-state index contributed by atoms with van der Waals surface area (Å²) in [6, 6.07) is 3.90. The summed E-state index contributed by atoms with van der Waals surface area (Å²) in [5, 5.41) is 5.95. The van der Waals surface area contributed by atoms with Gasteiger partial charge in [0.2, 0.25) is 0 Å². The summed E-state index contributed by atoms with van der Waals surface area (Å²) in [6.07, 6.45) is 2.52. The molecule has 7 heteroatoms. The topological polar surface area (TPSA) is 99.8 Å². The third-order valence-corrected chi connectivity index (χ3v) is 3.75. The van der Waals surface area contributed by atoms with Gasteiger partial charge in [-0.3, -0.25) is 9.59 Å². The number of nitrogens with zero attached hydrogens (tertiary/aromatic N) is 2. The zero-order chi connectivity index (χ0) is 18.4. The molecule has 3 N–H and O–H groups in total. The zero-order valence-electron chi connectivity index (χ0n) is 15.1. The lowest BCUT2D eigenvalue weighted by Gasteiger charge is -2.10. The van der Waals surface area contributed by atoms with Gasteiger partial charge in [0.25, 0.3) is 11.5 Å². The second kappa shape index (κ2) is 8.41. The van der Waals surface area contributed by atoms with Crippen LogP contribution in [-0.4, -0.2) is 33.9 Å². The number of carbonyl (C=O) groups is 1. The largest absolute Gasteiger partial charge is 0.370 e. The van der Waals surface area contributed by atoms with Crippen LogP contribution in [0.3, 0.4) is 0 Å². The predicted molar refractivity (Wildman–Crippen MR) is 98.1 cm³/mol. The molecule has 7 nitrogen and oxygen atoms in total. The van der Waals surface area contributed by atoms with E-state index in [9.17, 15) is 9.59 Å². The van der Waals surface area contributed by atoms with Gasteiger partial charge in [0.05, 0.1) is 5.69 Å². The van der Waals surface area contributed by atoms with Crippen molar-refractivity contribution in [1.82, 2.24) is 20.3 Å². The van der Waals surface area contributed by atoms with Gasteiger partial charge in [-0.2, -0.15) is 0 Å². The molecule has 25 heavy (non-hydrogen) atoms. The number of anilines is 1. The highest BCUT2D eigenvalue weighted by atomic mass is 16.2. The van der Waals surface area contributed by atoms with Crippen LogP contribution in [0.4, 0.5) is 5.82 Å². The number of rotatable bonds is 7. The monoisotopic (exact) mass is 343 g/mol. The van der Waals surface area contributed by atoms with Crippen molar-refractivity contribution >= 4 is 11.7 Å². The van der Waals surface area contributed by atoms with Crippen LogP contribution in [0.25, 0.3) is 0 Å². The third kappa shape index (κ3) is 5.14. The highest BCUT2D eigenvalue weighted by Crippen LogP contribution is 2.08. The molecule has 0 saturated heterocycles. The summed E-state index contributed by atoms with van der Waals surface area (Å²) in [4.78, 5) is 35.6. The molecule has 0 unspecified atom stereocenters. The fourth-order valence-electron chi connectivity index (χ4n) is 2.32. The van der Waals surface area contributed by atoms with Gasteiger partial charge in [-0.1, -0.05) is 19.9 Å². The van der Waals surface area contributed by atoms with Gasteiger partial charge in [0, 0.05) is 25.2 Å². The van der Waals surface area contributed by atoms with Crippen LogP contribution in [0.5, 0.6) is 0 Å². The van der Waals surface area contributed by atoms with Crippen molar-refractivity contribution in [2.45, 2.75) is 40.0 Å². The molecule has 2 aromatic rings. The van der Waals surface area contributed by atoms with Crippen molar-refractivity contribution < 1.29 is 4.79 Å². The van der Waals surface area contributed by atoms with Gasteiger partial charge in [0.15, 0.2) is 0 Å². The maximum absolute atomic E-state index is 12.2. The SMILES string of the molecule is Cc1ccc(NCCCNC(=O)c2c(C)nc(C(C)C)[nH]c2=O)nc1. The van der Waals surface area contributed by atoms with E-state index >= 15 is 0 Å². The van der Waals surface area contributed by atoms with Gasteiger partial charge in [-0.05, 0) is 31.9 Å². The molecule has 0 fully saturated rings. The molecule has 0 spiro atoms. The van der Waals surface area contributed by atoms with E-state index < -0.39 is 11.5 Å². The Hall–Kier alpha value is -2.70. The number of aromatic nitrogens is 3. The highest BCUT2D eigenvalue weighted by Gasteiger charge is 2.16. The summed E-state index contributed by atoms with van der Waals surface area (Å²) in [7, 11) is 0. The minimum Gasteiger partial charge on any atom is -0.370 e. The standard InChI is InChI=1S/C18H25N5O2/c1-11(2)16-22-13(4)15(18(25)23-16)17(24)20-9-5-8-19-14-7-6-12(3)10-21-14/h6-7,10-11H,5,8-9H2,1-4H3,(H,19,21)(H,20,24)(H,22,23,25). The van der Waals surface area contributed by atoms with Crippen molar-refractivity contribution in [1.29, 1.82) is 0 Å². The minimum absolute atomic E-state index is 0.0811. The number of hydrogen-bond acceptors (Lipinski definition) is 5. The summed E-state index contributed by atoms with van der Waals surface area (Å²) < 4.78 is 0. The fourth-order valence-corrected chi connectivity index (χ4v) is 2.32. The summed E-state index contributed by atoms with van der Waals surface area (Å²) in [5.41, 5.74) is 1.25. The molecule has 0 aliphatic carbocycles. The van der Waals surface area contributed by atoms with Crippen molar-refractivity contribution in [3.05, 3.63) is 51.3 Å². The van der Waals surface area contributed by atoms with Crippen LogP contribution in [0.2, 0.25) is 0 Å². The highest BCUT2D eigenvalue weighted by molar-refractivity contribution is 5.94. The molecule has 0 aliphatic rings. The van der Waals surface area contributed by atoms with Gasteiger partial charge in [-0.25, -0.2) is 9.97 Å². The van der Waals surface area contributed by atoms with Crippen molar-refractivity contribution in [3.8, 4) is 0 Å². The van der Waals surface area contributed by atoms with E-state index in [1.165, 1.54) is 0 Å². The molecule has 134 valence electrons. The smallest absolute Gasteiger partial charge is 0.264 e. The zero-order valence-corrected chi connectivity index (χ0v) is 15.1. The van der Waals surface area contributed by atoms with E-state index in [1.54, 1.807) is 13.1 Å². The summed E-state index contributed by atoms with van der Waals surface area (Å²) in [6.45, 7) is 8.68. The van der Waals surface area contributed by atoms with Gasteiger partial charge in [0.1, 0.15) is 17.2 Å². The summed E-state index contributed by atoms with van der Waals surface area (Å²) >= 11 is 0. The van der Waals surface area contributed by atoms with Crippen LogP contribution in [-0.2, 0) is 0 Å². The lowest BCUT2D eigenvalue weighted by atomic mass is 10.1. The van der Waals surface area contributed by atoms with E-state index in [0.717, 1.165) is 17.8 Å². The van der Waals surface area contributed by atoms with Gasteiger partial charge in [-0.15, -0.1) is 0 Å². The second-order valence-electron chi connectivity index (χ2n) is 6.32. The average molecular weight is 343 g/mol. The molecule has 2 rings (SSSR count). The first kappa shape index (κ1) is 18.6. The van der Waals surface area contributed by atoms with Crippen LogP contribution in [0, 0.1) is 13.8 Å². The molecule has 0 atom stereocenters. The van der Waals surface area contributed by atoms with Crippen LogP contribution < -0.4 is 16.2 Å². The molecular weight excluding hydrogens is 318 g/mol. The first-order valence-electron chi connectivity index (χ1n) is 8.44. The Labute approximate surface area is 147 Å². The summed E-state index contributed by atoms with van der Waals surface area (Å²) in [5.74, 6) is 1.10. The Morgan fingerprint density at radius 1 is 1.24 bits per heavy atom. The average Bonchev–Trinajstić information content (AvgIpc) is 2.55. The predicted octanol–water partition coefficient (Wildman–Crippen LogP) is 2.14. The number of nitrogens with one attached hydrogen (secondary N) is 3. The quantitative estimate of drug-likeness (QED) is 0.669. The van der Waals surface area contributed by atoms with Crippen molar-refractivity contribution in [2.24, 2.45) is 0 Å². The van der Waals surface area contributed by atoms with E-state index in [-0.39, 0.29) is 11.5 Å². The Morgan fingerprint density at radius 3 is 2.60 bits per heavy atom. The second-order valence-corrected chi connectivity index (χ2v) is 6.32. The molecule has 2 aromatic heterocycles. The van der Waals surface area contributed by atoms with Crippen LogP contribution in [0.1, 0.15) is 53.6 Å². The van der Waals surface area contributed by atoms with E-state index in [4.69, 9.17) is 0 Å². The molecule has 0 saturated carbocycles. The minimum atomic E-state index is -0.394. The number of pyridine rings is 1. The molecule has 2 heterocycles. The number of amides is 1. The van der Waals surface area contributed by atoms with Crippen LogP contribution in [0.15, 0.2) is 23.1 Å². The molecule has 0 aliphatic heterocycles. The molecule has 0 aromatic carbocycles. The van der Waals surface area contributed by atoms with Gasteiger partial charge < -0.3 is 15.6 Å². The van der Waals surface area contributed by atoms with Crippen molar-refractivity contribution in [2.75, 3.05) is 18.4 Å². The number of aryl methyl sites for hydroxylation is 2. The lowest BCUT2D eigenvalue weighted by molar-refractivity contribution is 0.0951. The fraction of sp³-hybridized carbons (Fsp3) is 0.444. The number of H-pyrrole nitrogens is 1. The molecule has 1 amide bonds. The Balaban J connectivity index is 1.84. The lowest BCUT2D eigenvalue weighted by Crippen LogP contribution is -2.33. The number of carbonyl (C=O) groups excluding carboxylic acids is 1. The number of aromatic amines is 1. The van der Waals surface area contributed by atoms with Crippen molar-refractivity contribution in [3.63, 3.8) is 0 Å². The Kier molecular flexibility index (Phi) is 6.27.